The van der Waals surface area contributed by atoms with Crippen molar-refractivity contribution in [3.8, 4) is 0 Å². The van der Waals surface area contributed by atoms with Crippen LogP contribution in [-0.2, 0) is 11.2 Å². The van der Waals surface area contributed by atoms with Crippen LogP contribution in [0.1, 0.15) is 31.0 Å². The molecule has 1 atom stereocenters. The summed E-state index contributed by atoms with van der Waals surface area (Å²) in [5.41, 5.74) is 4.24. The molecule has 0 aliphatic carbocycles. The predicted molar refractivity (Wildman–Crippen MR) is 110 cm³/mol. The maximum absolute atomic E-state index is 13.2. The zero-order valence-electron chi connectivity index (χ0n) is 15.6. The molecule has 1 aromatic heterocycles. The first kappa shape index (κ1) is 18.3. The molecular weight excluding hydrogens is 374 g/mol. The summed E-state index contributed by atoms with van der Waals surface area (Å²) in [6.07, 6.45) is 2.45. The number of nitrogens with zero attached hydrogens (tertiary/aromatic N) is 3. The smallest absolute Gasteiger partial charge is 0.255 e. The van der Waals surface area contributed by atoms with Crippen molar-refractivity contribution in [3.63, 3.8) is 0 Å². The number of fused-ring (bicyclic) bond motifs is 1. The van der Waals surface area contributed by atoms with Crippen molar-refractivity contribution in [2.75, 3.05) is 10.6 Å². The highest BCUT2D eigenvalue weighted by molar-refractivity contribution is 6.30. The van der Waals surface area contributed by atoms with Crippen LogP contribution in [0.5, 0.6) is 0 Å². The standard InChI is InChI=1S/C21H20ClN5O/c1-3-14-4-6-15(7-5-14)19-18(13(2)25-21-23-12-24-27(19)21)20(28)26-17-10-8-16(22)9-11-17/h4-12,19H,3H2,1-2H3,(H,26,28)(H,23,24,25)/t19-/m0/s1. The zero-order valence-corrected chi connectivity index (χ0v) is 16.4. The van der Waals surface area contributed by atoms with Crippen molar-refractivity contribution in [1.29, 1.82) is 0 Å². The second-order valence-electron chi connectivity index (χ2n) is 6.65. The third-order valence-electron chi connectivity index (χ3n) is 4.84. The lowest BCUT2D eigenvalue weighted by Crippen LogP contribution is -2.31. The lowest BCUT2D eigenvalue weighted by Gasteiger charge is -2.28. The van der Waals surface area contributed by atoms with Crippen LogP contribution in [0.25, 0.3) is 0 Å². The fourth-order valence-corrected chi connectivity index (χ4v) is 3.49. The van der Waals surface area contributed by atoms with Crippen molar-refractivity contribution in [3.05, 3.63) is 82.3 Å². The van der Waals surface area contributed by atoms with Gasteiger partial charge in [-0.15, -0.1) is 0 Å². The molecule has 1 amide bonds. The summed E-state index contributed by atoms with van der Waals surface area (Å²) in [7, 11) is 0. The van der Waals surface area contributed by atoms with Gasteiger partial charge in [-0.1, -0.05) is 42.8 Å². The number of amides is 1. The number of allylic oxidation sites excluding steroid dienone is 1. The fourth-order valence-electron chi connectivity index (χ4n) is 3.36. The van der Waals surface area contributed by atoms with Crippen LogP contribution in [0.3, 0.4) is 0 Å². The van der Waals surface area contributed by atoms with Crippen LogP contribution in [0, 0.1) is 0 Å². The van der Waals surface area contributed by atoms with Gasteiger partial charge in [0.25, 0.3) is 5.91 Å². The van der Waals surface area contributed by atoms with Crippen LogP contribution in [0.4, 0.5) is 11.6 Å². The van der Waals surface area contributed by atoms with Gasteiger partial charge in [0, 0.05) is 16.4 Å². The van der Waals surface area contributed by atoms with E-state index in [2.05, 4.69) is 39.8 Å². The molecule has 2 heterocycles. The quantitative estimate of drug-likeness (QED) is 0.688. The van der Waals surface area contributed by atoms with Gasteiger partial charge in [0.15, 0.2) is 0 Å². The van der Waals surface area contributed by atoms with Gasteiger partial charge >= 0.3 is 0 Å². The van der Waals surface area contributed by atoms with E-state index < -0.39 is 0 Å². The van der Waals surface area contributed by atoms with Gasteiger partial charge in [-0.25, -0.2) is 4.68 Å². The largest absolute Gasteiger partial charge is 0.328 e. The maximum Gasteiger partial charge on any atom is 0.255 e. The zero-order chi connectivity index (χ0) is 19.7. The second-order valence-corrected chi connectivity index (χ2v) is 7.09. The molecule has 1 aliphatic heterocycles. The van der Waals surface area contributed by atoms with Crippen molar-refractivity contribution in [2.24, 2.45) is 0 Å². The van der Waals surface area contributed by atoms with Gasteiger partial charge in [-0.2, -0.15) is 10.1 Å². The van der Waals surface area contributed by atoms with Crippen LogP contribution >= 0.6 is 11.6 Å². The van der Waals surface area contributed by atoms with Crippen LogP contribution in [0.2, 0.25) is 5.02 Å². The number of anilines is 2. The molecule has 0 radical (unpaired) electrons. The summed E-state index contributed by atoms with van der Waals surface area (Å²) >= 11 is 5.94. The number of hydrogen-bond acceptors (Lipinski definition) is 4. The Balaban J connectivity index is 1.73. The van der Waals surface area contributed by atoms with Gasteiger partial charge in [0.2, 0.25) is 5.95 Å². The lowest BCUT2D eigenvalue weighted by molar-refractivity contribution is -0.113. The van der Waals surface area contributed by atoms with E-state index in [1.807, 2.05) is 19.1 Å². The number of halogens is 1. The summed E-state index contributed by atoms with van der Waals surface area (Å²) in [5, 5.41) is 11.1. The Morgan fingerprint density at radius 2 is 1.89 bits per heavy atom. The van der Waals surface area contributed by atoms with Crippen molar-refractivity contribution in [1.82, 2.24) is 14.8 Å². The summed E-state index contributed by atoms with van der Waals surface area (Å²) in [4.78, 5) is 17.5. The first-order chi connectivity index (χ1) is 13.6. The van der Waals surface area contributed by atoms with E-state index in [0.717, 1.165) is 17.7 Å². The molecule has 0 bridgehead atoms. The molecule has 0 saturated carbocycles. The molecule has 142 valence electrons. The molecule has 7 heteroatoms. The number of aryl methyl sites for hydroxylation is 1. The number of carbonyl (C=O) groups excluding carboxylic acids is 1. The normalized spacial score (nSPS) is 15.8. The van der Waals surface area contributed by atoms with Crippen LogP contribution in [0.15, 0.2) is 66.1 Å². The molecule has 4 rings (SSSR count). The average molecular weight is 394 g/mol. The first-order valence-electron chi connectivity index (χ1n) is 9.10. The molecule has 0 saturated heterocycles. The van der Waals surface area contributed by atoms with E-state index in [4.69, 9.17) is 11.6 Å². The van der Waals surface area contributed by atoms with Gasteiger partial charge < -0.3 is 10.6 Å². The summed E-state index contributed by atoms with van der Waals surface area (Å²) in [5.74, 6) is 0.420. The molecule has 2 N–H and O–H groups in total. The highest BCUT2D eigenvalue weighted by atomic mass is 35.5. The summed E-state index contributed by atoms with van der Waals surface area (Å²) < 4.78 is 1.74. The third-order valence-corrected chi connectivity index (χ3v) is 5.10. The topological polar surface area (TPSA) is 71.8 Å². The Hall–Kier alpha value is -3.12. The van der Waals surface area contributed by atoms with E-state index in [-0.39, 0.29) is 11.9 Å². The SMILES string of the molecule is CCc1ccc([C@H]2C(C(=O)Nc3ccc(Cl)cc3)=C(C)Nc3ncnn32)cc1. The molecule has 3 aromatic rings. The van der Waals surface area contributed by atoms with Gasteiger partial charge in [-0.3, -0.25) is 4.79 Å². The predicted octanol–water partition coefficient (Wildman–Crippen LogP) is 4.42. The number of benzene rings is 2. The number of aromatic nitrogens is 3. The average Bonchev–Trinajstić information content (AvgIpc) is 3.16. The lowest BCUT2D eigenvalue weighted by atomic mass is 9.94. The van der Waals surface area contributed by atoms with Crippen molar-refractivity contribution in [2.45, 2.75) is 26.3 Å². The Kier molecular flexibility index (Phi) is 4.88. The molecule has 0 unspecified atom stereocenters. The van der Waals surface area contributed by atoms with Crippen LogP contribution in [-0.4, -0.2) is 20.7 Å². The molecule has 6 nitrogen and oxygen atoms in total. The number of hydrogen-bond donors (Lipinski definition) is 2. The minimum absolute atomic E-state index is 0.196. The van der Waals surface area contributed by atoms with Crippen LogP contribution < -0.4 is 10.6 Å². The van der Waals surface area contributed by atoms with E-state index in [9.17, 15) is 4.79 Å². The molecular formula is C21H20ClN5O. The maximum atomic E-state index is 13.2. The minimum atomic E-state index is -0.364. The Labute approximate surface area is 168 Å². The molecule has 2 aromatic carbocycles. The highest BCUT2D eigenvalue weighted by Gasteiger charge is 2.33. The van der Waals surface area contributed by atoms with Gasteiger partial charge in [0.05, 0.1) is 5.57 Å². The molecule has 28 heavy (non-hydrogen) atoms. The van der Waals surface area contributed by atoms with Gasteiger partial charge in [-0.05, 0) is 48.7 Å². The number of carbonyl (C=O) groups is 1. The molecule has 0 fully saturated rings. The summed E-state index contributed by atoms with van der Waals surface area (Å²) in [6.45, 7) is 3.99. The number of rotatable bonds is 4. The minimum Gasteiger partial charge on any atom is -0.328 e. The number of nitrogens with one attached hydrogen (secondary N) is 2. The third kappa shape index (κ3) is 3.39. The Morgan fingerprint density at radius 1 is 1.18 bits per heavy atom. The summed E-state index contributed by atoms with van der Waals surface area (Å²) in [6, 6.07) is 14.9. The van der Waals surface area contributed by atoms with Crippen molar-refractivity contribution >= 4 is 29.1 Å². The Morgan fingerprint density at radius 3 is 2.57 bits per heavy atom. The fraction of sp³-hybridized carbons (Fsp3) is 0.190. The molecule has 0 spiro atoms. The molecule has 1 aliphatic rings. The first-order valence-corrected chi connectivity index (χ1v) is 9.47. The Bertz CT molecular complexity index is 1040. The highest BCUT2D eigenvalue weighted by Crippen LogP contribution is 2.35. The second kappa shape index (κ2) is 7.48. The monoisotopic (exact) mass is 393 g/mol. The van der Waals surface area contributed by atoms with E-state index in [0.29, 0.717) is 22.2 Å². The van der Waals surface area contributed by atoms with E-state index >= 15 is 0 Å². The van der Waals surface area contributed by atoms with E-state index in [1.54, 1.807) is 28.9 Å². The van der Waals surface area contributed by atoms with E-state index in [1.165, 1.54) is 11.9 Å². The van der Waals surface area contributed by atoms with Crippen molar-refractivity contribution < 1.29 is 4.79 Å². The van der Waals surface area contributed by atoms with Gasteiger partial charge in [0.1, 0.15) is 12.4 Å².